The first kappa shape index (κ1) is 21.5. The van der Waals surface area contributed by atoms with Gasteiger partial charge in [-0.1, -0.05) is 35.9 Å². The number of hydrogen-bond acceptors (Lipinski definition) is 7. The summed E-state index contributed by atoms with van der Waals surface area (Å²) in [5.41, 5.74) is 5.43. The van der Waals surface area contributed by atoms with E-state index in [1.54, 1.807) is 6.20 Å². The van der Waals surface area contributed by atoms with Crippen molar-refractivity contribution in [2.24, 2.45) is 0 Å². The van der Waals surface area contributed by atoms with E-state index in [9.17, 15) is 4.79 Å². The highest BCUT2D eigenvalue weighted by atomic mass is 35.5. The molecule has 3 heterocycles. The molecule has 1 aliphatic rings. The van der Waals surface area contributed by atoms with Crippen molar-refractivity contribution in [2.75, 3.05) is 16.0 Å². The molecule has 0 fully saturated rings. The largest absolute Gasteiger partial charge is 0.339 e. The number of carbonyl (C=O) groups is 1. The summed E-state index contributed by atoms with van der Waals surface area (Å²) in [4.78, 5) is 26.4. The number of nitrogens with one attached hydrogen (secondary N) is 3. The number of hydrogen-bond donors (Lipinski definition) is 3. The molecule has 0 saturated heterocycles. The van der Waals surface area contributed by atoms with Crippen molar-refractivity contribution < 1.29 is 4.79 Å². The Kier molecular flexibility index (Phi) is 5.52. The number of aromatic nitrogens is 3. The minimum Gasteiger partial charge on any atom is -0.339 e. The van der Waals surface area contributed by atoms with Gasteiger partial charge in [0.25, 0.3) is 5.91 Å². The molecule has 2 aromatic heterocycles. The molecular weight excluding hydrogens is 480 g/mol. The number of para-hydroxylation sites is 1. The lowest BCUT2D eigenvalue weighted by Crippen LogP contribution is -2.13. The van der Waals surface area contributed by atoms with Crippen LogP contribution in [0.1, 0.15) is 20.9 Å². The molecule has 0 aliphatic carbocycles. The van der Waals surface area contributed by atoms with Crippen LogP contribution >= 0.6 is 22.9 Å². The maximum absolute atomic E-state index is 13.1. The number of thiazole rings is 1. The summed E-state index contributed by atoms with van der Waals surface area (Å²) in [7, 11) is 0. The number of carbonyl (C=O) groups excluding carboxylic acids is 1. The normalized spacial score (nSPS) is 12.5. The average molecular weight is 499 g/mol. The van der Waals surface area contributed by atoms with Gasteiger partial charge in [-0.15, -0.1) is 11.3 Å². The molecule has 5 aromatic rings. The second kappa shape index (κ2) is 8.98. The summed E-state index contributed by atoms with van der Waals surface area (Å²) in [6.07, 6.45) is 3.09. The Balaban J connectivity index is 1.36. The zero-order valence-electron chi connectivity index (χ0n) is 18.4. The summed E-state index contributed by atoms with van der Waals surface area (Å²) in [5.74, 6) is 0.728. The zero-order chi connectivity index (χ0) is 23.8. The topological polar surface area (TPSA) is 91.8 Å². The van der Waals surface area contributed by atoms with Crippen LogP contribution in [-0.2, 0) is 12.8 Å². The first-order chi connectivity index (χ1) is 17.1. The fourth-order valence-electron chi connectivity index (χ4n) is 4.01. The Bertz CT molecular complexity index is 1550. The second-order valence-electron chi connectivity index (χ2n) is 8.15. The highest BCUT2D eigenvalue weighted by molar-refractivity contribution is 7.20. The molecule has 0 saturated carbocycles. The van der Waals surface area contributed by atoms with Gasteiger partial charge in [0.15, 0.2) is 10.8 Å². The smallest absolute Gasteiger partial charge is 0.284 e. The van der Waals surface area contributed by atoms with Gasteiger partial charge >= 0.3 is 0 Å². The average Bonchev–Trinajstić information content (AvgIpc) is 3.30. The Morgan fingerprint density at radius 2 is 1.83 bits per heavy atom. The molecule has 3 N–H and O–H groups in total. The van der Waals surface area contributed by atoms with E-state index in [1.807, 2.05) is 54.6 Å². The van der Waals surface area contributed by atoms with E-state index in [0.717, 1.165) is 51.2 Å². The number of rotatable bonds is 2. The fraction of sp³-hybridized carbons (Fsp3) is 0.0769. The van der Waals surface area contributed by atoms with Gasteiger partial charge < -0.3 is 16.0 Å². The Hall–Kier alpha value is -4.01. The van der Waals surface area contributed by atoms with E-state index >= 15 is 0 Å². The number of nitrogens with zero attached hydrogens (tertiary/aromatic N) is 3. The number of aryl methyl sites for hydroxylation is 2. The van der Waals surface area contributed by atoms with Gasteiger partial charge in [0.2, 0.25) is 5.95 Å². The third-order valence-corrected chi connectivity index (χ3v) is 7.03. The lowest BCUT2D eigenvalue weighted by atomic mass is 10.0. The number of fused-ring (bicyclic) bond motifs is 7. The molecule has 0 spiro atoms. The van der Waals surface area contributed by atoms with Crippen LogP contribution in [0.3, 0.4) is 0 Å². The minimum absolute atomic E-state index is 0.222. The Labute approximate surface area is 210 Å². The summed E-state index contributed by atoms with van der Waals surface area (Å²) >= 11 is 7.74. The lowest BCUT2D eigenvalue weighted by molar-refractivity contribution is 0.102. The summed E-state index contributed by atoms with van der Waals surface area (Å²) in [6, 6.07) is 21.7. The molecule has 172 valence electrons. The highest BCUT2D eigenvalue weighted by Crippen LogP contribution is 2.30. The SMILES string of the molecule is O=C(Nc1ccc2cc1CCc1cccc(c1)Nc1ncc(Cl)c(n1)N2)c1nc2ccccc2s1. The van der Waals surface area contributed by atoms with E-state index in [-0.39, 0.29) is 5.91 Å². The fourth-order valence-corrected chi connectivity index (χ4v) is 5.01. The summed E-state index contributed by atoms with van der Waals surface area (Å²) in [5, 5.41) is 10.4. The van der Waals surface area contributed by atoms with Crippen LogP contribution in [0, 0.1) is 0 Å². The van der Waals surface area contributed by atoms with E-state index in [2.05, 4.69) is 43.0 Å². The Morgan fingerprint density at radius 3 is 2.74 bits per heavy atom. The van der Waals surface area contributed by atoms with E-state index in [0.29, 0.717) is 21.8 Å². The van der Waals surface area contributed by atoms with E-state index in [4.69, 9.17) is 11.6 Å². The summed E-state index contributed by atoms with van der Waals surface area (Å²) in [6.45, 7) is 0. The first-order valence-corrected chi connectivity index (χ1v) is 12.3. The molecule has 0 atom stereocenters. The van der Waals surface area contributed by atoms with Crippen LogP contribution < -0.4 is 16.0 Å². The zero-order valence-corrected chi connectivity index (χ0v) is 20.0. The van der Waals surface area contributed by atoms with Crippen LogP contribution in [0.5, 0.6) is 0 Å². The van der Waals surface area contributed by atoms with Crippen LogP contribution in [0.2, 0.25) is 5.02 Å². The third kappa shape index (κ3) is 4.53. The van der Waals surface area contributed by atoms with Crippen LogP contribution in [0.15, 0.2) is 72.9 Å². The van der Waals surface area contributed by atoms with Gasteiger partial charge in [0, 0.05) is 17.1 Å². The molecular formula is C26H19ClN6OS. The minimum atomic E-state index is -0.222. The molecule has 6 bridgehead atoms. The summed E-state index contributed by atoms with van der Waals surface area (Å²) < 4.78 is 0.984. The van der Waals surface area contributed by atoms with Gasteiger partial charge in [0.05, 0.1) is 16.4 Å². The lowest BCUT2D eigenvalue weighted by Gasteiger charge is -2.14. The van der Waals surface area contributed by atoms with Gasteiger partial charge in [-0.3, -0.25) is 4.79 Å². The number of benzene rings is 3. The Morgan fingerprint density at radius 1 is 0.943 bits per heavy atom. The molecule has 9 heteroatoms. The van der Waals surface area contributed by atoms with Crippen molar-refractivity contribution >= 4 is 67.9 Å². The van der Waals surface area contributed by atoms with Gasteiger partial charge in [-0.25, -0.2) is 9.97 Å². The standard InChI is InChI=1S/C26H19ClN6OS/c27-19-14-28-26-30-17-5-3-4-15(12-17)8-9-16-13-18(29-23(19)33-26)10-11-20(16)31-24(34)25-32-21-6-1-2-7-22(21)35-25/h1-7,10-14H,8-9H2,(H,31,34)(H2,28,29,30,33). The van der Waals surface area contributed by atoms with Crippen molar-refractivity contribution in [1.82, 2.24) is 15.0 Å². The molecule has 1 aliphatic heterocycles. The van der Waals surface area contributed by atoms with Gasteiger partial charge in [0.1, 0.15) is 5.02 Å². The van der Waals surface area contributed by atoms with Crippen LogP contribution in [0.4, 0.5) is 28.8 Å². The maximum Gasteiger partial charge on any atom is 0.284 e. The van der Waals surface area contributed by atoms with Crippen molar-refractivity contribution in [1.29, 1.82) is 0 Å². The van der Waals surface area contributed by atoms with Crippen molar-refractivity contribution in [3.63, 3.8) is 0 Å². The van der Waals surface area contributed by atoms with Gasteiger partial charge in [-0.2, -0.15) is 4.98 Å². The van der Waals surface area contributed by atoms with Crippen molar-refractivity contribution in [3.05, 3.63) is 94.1 Å². The van der Waals surface area contributed by atoms with E-state index in [1.165, 1.54) is 11.3 Å². The number of halogens is 1. The van der Waals surface area contributed by atoms with Crippen molar-refractivity contribution in [3.8, 4) is 0 Å². The van der Waals surface area contributed by atoms with Crippen LogP contribution in [0.25, 0.3) is 10.2 Å². The van der Waals surface area contributed by atoms with Crippen LogP contribution in [-0.4, -0.2) is 20.9 Å². The predicted molar refractivity (Wildman–Crippen MR) is 141 cm³/mol. The predicted octanol–water partition coefficient (Wildman–Crippen LogP) is 6.58. The second-order valence-corrected chi connectivity index (χ2v) is 9.59. The quantitative estimate of drug-likeness (QED) is 0.254. The van der Waals surface area contributed by atoms with Gasteiger partial charge in [-0.05, 0) is 66.4 Å². The molecule has 6 rings (SSSR count). The number of amides is 1. The monoisotopic (exact) mass is 498 g/mol. The molecule has 0 unspecified atom stereocenters. The third-order valence-electron chi connectivity index (χ3n) is 5.71. The van der Waals surface area contributed by atoms with Crippen molar-refractivity contribution in [2.45, 2.75) is 12.8 Å². The molecule has 7 nitrogen and oxygen atoms in total. The molecule has 3 aromatic carbocycles. The maximum atomic E-state index is 13.1. The highest BCUT2D eigenvalue weighted by Gasteiger charge is 2.16. The molecule has 0 radical (unpaired) electrons. The molecule has 35 heavy (non-hydrogen) atoms. The number of anilines is 5. The first-order valence-electron chi connectivity index (χ1n) is 11.1. The molecule has 1 amide bonds. The van der Waals surface area contributed by atoms with E-state index < -0.39 is 0 Å².